The molecule has 1 aromatic carbocycles. The lowest BCUT2D eigenvalue weighted by molar-refractivity contribution is 0.774. The van der Waals surface area contributed by atoms with E-state index in [1.807, 2.05) is 12.1 Å². The Balaban J connectivity index is 2.00. The molecule has 0 saturated heterocycles. The summed E-state index contributed by atoms with van der Waals surface area (Å²) < 4.78 is 0. The number of fused-ring (bicyclic) bond motifs is 1. The first-order valence-electron chi connectivity index (χ1n) is 7.69. The maximum absolute atomic E-state index is 12.2. The molecule has 3 aromatic rings. The number of hydrogen-bond donors (Lipinski definition) is 2. The maximum Gasteiger partial charge on any atom is 0.279 e. The maximum atomic E-state index is 12.2. The molecule has 2 aromatic heterocycles. The third-order valence-corrected chi connectivity index (χ3v) is 3.93. The summed E-state index contributed by atoms with van der Waals surface area (Å²) in [6, 6.07) is 8.14. The van der Waals surface area contributed by atoms with Crippen LogP contribution in [-0.2, 0) is 12.8 Å². The molecule has 0 spiro atoms. The molecule has 0 amide bonds. The lowest BCUT2D eigenvalue weighted by Crippen LogP contribution is -2.12. The Labute approximate surface area is 128 Å². The van der Waals surface area contributed by atoms with Crippen molar-refractivity contribution in [2.75, 3.05) is 0 Å². The van der Waals surface area contributed by atoms with Crippen LogP contribution in [0.4, 0.5) is 0 Å². The molecule has 0 aliphatic carbocycles. The van der Waals surface area contributed by atoms with Gasteiger partial charge in [0.15, 0.2) is 5.52 Å². The minimum absolute atomic E-state index is 0.174. The predicted octanol–water partition coefficient (Wildman–Crippen LogP) is 2.89. The van der Waals surface area contributed by atoms with Crippen LogP contribution in [-0.4, -0.2) is 20.2 Å². The van der Waals surface area contributed by atoms with Gasteiger partial charge in [-0.1, -0.05) is 37.6 Å². The fraction of sp³-hybridized carbons (Fsp3) is 0.353. The zero-order valence-corrected chi connectivity index (χ0v) is 12.9. The molecule has 2 heterocycles. The lowest BCUT2D eigenvalue weighted by atomic mass is 10.1. The van der Waals surface area contributed by atoms with E-state index >= 15 is 0 Å². The van der Waals surface area contributed by atoms with Crippen molar-refractivity contribution in [1.29, 1.82) is 0 Å². The second kappa shape index (κ2) is 6.13. The Bertz CT molecular complexity index is 847. The van der Waals surface area contributed by atoms with Crippen LogP contribution in [0.15, 0.2) is 29.1 Å². The number of nitrogens with zero attached hydrogens (tertiary/aromatic N) is 2. The zero-order chi connectivity index (χ0) is 15.5. The zero-order valence-electron chi connectivity index (χ0n) is 12.9. The van der Waals surface area contributed by atoms with Gasteiger partial charge in [-0.2, -0.15) is 5.10 Å². The molecule has 22 heavy (non-hydrogen) atoms. The summed E-state index contributed by atoms with van der Waals surface area (Å²) >= 11 is 0. The van der Waals surface area contributed by atoms with Crippen LogP contribution >= 0.6 is 0 Å². The van der Waals surface area contributed by atoms with E-state index < -0.39 is 0 Å². The smallest absolute Gasteiger partial charge is 0.279 e. The van der Waals surface area contributed by atoms with Gasteiger partial charge >= 0.3 is 0 Å². The number of aromatic nitrogens is 4. The fourth-order valence-electron chi connectivity index (χ4n) is 2.60. The van der Waals surface area contributed by atoms with Gasteiger partial charge in [0.25, 0.3) is 5.56 Å². The lowest BCUT2D eigenvalue weighted by Gasteiger charge is -2.05. The van der Waals surface area contributed by atoms with Gasteiger partial charge in [-0.05, 0) is 30.9 Å². The molecule has 0 aliphatic heterocycles. The second-order valence-electron chi connectivity index (χ2n) is 5.62. The molecular formula is C17H20N4O. The van der Waals surface area contributed by atoms with Crippen LogP contribution in [0.2, 0.25) is 0 Å². The number of H-pyrrole nitrogens is 2. The average molecular weight is 296 g/mol. The highest BCUT2D eigenvalue weighted by Gasteiger charge is 2.12. The number of rotatable bonds is 5. The topological polar surface area (TPSA) is 74.4 Å². The van der Waals surface area contributed by atoms with Crippen molar-refractivity contribution in [3.8, 4) is 0 Å². The fourth-order valence-corrected chi connectivity index (χ4v) is 2.60. The first-order chi connectivity index (χ1) is 10.7. The third-order valence-electron chi connectivity index (χ3n) is 3.93. The molecule has 5 heteroatoms. The number of unbranched alkanes of at least 4 members (excludes halogenated alkanes) is 1. The minimum Gasteiger partial charge on any atom is -0.308 e. The van der Waals surface area contributed by atoms with E-state index in [-0.39, 0.29) is 5.56 Å². The summed E-state index contributed by atoms with van der Waals surface area (Å²) in [5, 5.41) is 7.06. The van der Waals surface area contributed by atoms with Crippen LogP contribution in [0.5, 0.6) is 0 Å². The molecule has 5 nitrogen and oxygen atoms in total. The number of nitrogens with one attached hydrogen (secondary N) is 2. The van der Waals surface area contributed by atoms with Crippen LogP contribution in [0.25, 0.3) is 11.0 Å². The molecular weight excluding hydrogens is 276 g/mol. The van der Waals surface area contributed by atoms with Crippen molar-refractivity contribution in [3.63, 3.8) is 0 Å². The molecule has 114 valence electrons. The Hall–Kier alpha value is -2.43. The summed E-state index contributed by atoms with van der Waals surface area (Å²) in [7, 11) is 0. The first-order valence-corrected chi connectivity index (χ1v) is 7.69. The van der Waals surface area contributed by atoms with Crippen molar-refractivity contribution >= 4 is 11.0 Å². The number of hydrogen-bond acceptors (Lipinski definition) is 3. The normalized spacial score (nSPS) is 11.2. The van der Waals surface area contributed by atoms with E-state index in [1.54, 1.807) is 0 Å². The van der Waals surface area contributed by atoms with E-state index in [9.17, 15) is 4.79 Å². The van der Waals surface area contributed by atoms with E-state index in [1.165, 1.54) is 11.1 Å². The monoisotopic (exact) mass is 296 g/mol. The predicted molar refractivity (Wildman–Crippen MR) is 87.1 cm³/mol. The van der Waals surface area contributed by atoms with E-state index in [0.29, 0.717) is 23.3 Å². The van der Waals surface area contributed by atoms with Gasteiger partial charge in [-0.25, -0.2) is 4.98 Å². The van der Waals surface area contributed by atoms with E-state index in [2.05, 4.69) is 46.1 Å². The highest BCUT2D eigenvalue weighted by atomic mass is 16.1. The molecule has 0 fully saturated rings. The van der Waals surface area contributed by atoms with Gasteiger partial charge in [0.05, 0.1) is 5.69 Å². The van der Waals surface area contributed by atoms with Gasteiger partial charge in [0.2, 0.25) is 0 Å². The standard InChI is InChI=1S/C17H20N4O/c1-3-4-9-13-15-16(21-20-13)17(22)19-14(18-15)10-12-8-6-5-7-11(12)2/h5-8H,3-4,9-10H2,1-2H3,(H,20,21)(H,18,19,22). The Kier molecular flexibility index (Phi) is 4.04. The molecule has 0 saturated carbocycles. The van der Waals surface area contributed by atoms with Crippen molar-refractivity contribution in [2.24, 2.45) is 0 Å². The number of aromatic amines is 2. The highest BCUT2D eigenvalue weighted by molar-refractivity contribution is 5.75. The quantitative estimate of drug-likeness (QED) is 0.760. The largest absolute Gasteiger partial charge is 0.308 e. The van der Waals surface area contributed by atoms with Gasteiger partial charge < -0.3 is 4.98 Å². The van der Waals surface area contributed by atoms with Crippen molar-refractivity contribution in [3.05, 3.63) is 57.3 Å². The summed E-state index contributed by atoms with van der Waals surface area (Å²) in [5.41, 5.74) is 4.26. The summed E-state index contributed by atoms with van der Waals surface area (Å²) in [6.45, 7) is 4.21. The second-order valence-corrected chi connectivity index (χ2v) is 5.62. The van der Waals surface area contributed by atoms with Crippen LogP contribution in [0.3, 0.4) is 0 Å². The molecule has 0 unspecified atom stereocenters. The molecule has 0 aliphatic rings. The Morgan fingerprint density at radius 3 is 2.77 bits per heavy atom. The van der Waals surface area contributed by atoms with Gasteiger partial charge in [-0.15, -0.1) is 0 Å². The molecule has 0 bridgehead atoms. The van der Waals surface area contributed by atoms with E-state index in [4.69, 9.17) is 0 Å². The van der Waals surface area contributed by atoms with Crippen molar-refractivity contribution in [2.45, 2.75) is 39.5 Å². The van der Waals surface area contributed by atoms with Crippen LogP contribution in [0, 0.1) is 6.92 Å². The van der Waals surface area contributed by atoms with Gasteiger partial charge in [0, 0.05) is 6.42 Å². The molecule has 3 rings (SSSR count). The van der Waals surface area contributed by atoms with Crippen LogP contribution in [0.1, 0.15) is 42.4 Å². The average Bonchev–Trinajstić information content (AvgIpc) is 2.91. The summed E-state index contributed by atoms with van der Waals surface area (Å²) in [6.07, 6.45) is 3.64. The van der Waals surface area contributed by atoms with E-state index in [0.717, 1.165) is 25.0 Å². The molecule has 0 radical (unpaired) electrons. The molecule has 2 N–H and O–H groups in total. The number of benzene rings is 1. The highest BCUT2D eigenvalue weighted by Crippen LogP contribution is 2.15. The van der Waals surface area contributed by atoms with Crippen molar-refractivity contribution < 1.29 is 0 Å². The third kappa shape index (κ3) is 2.79. The first kappa shape index (κ1) is 14.5. The summed E-state index contributed by atoms with van der Waals surface area (Å²) in [5.74, 6) is 0.686. The van der Waals surface area contributed by atoms with Gasteiger partial charge in [-0.3, -0.25) is 9.89 Å². The minimum atomic E-state index is -0.174. The number of aryl methyl sites for hydroxylation is 2. The Morgan fingerprint density at radius 1 is 1.18 bits per heavy atom. The SMILES string of the molecule is CCCCc1[nH]nc2c(=O)[nH]c(Cc3ccccc3C)nc12. The Morgan fingerprint density at radius 2 is 2.00 bits per heavy atom. The van der Waals surface area contributed by atoms with Crippen LogP contribution < -0.4 is 5.56 Å². The molecule has 0 atom stereocenters. The van der Waals surface area contributed by atoms with Crippen molar-refractivity contribution in [1.82, 2.24) is 20.2 Å². The summed E-state index contributed by atoms with van der Waals surface area (Å²) in [4.78, 5) is 19.7. The van der Waals surface area contributed by atoms with Gasteiger partial charge in [0.1, 0.15) is 11.3 Å².